The summed E-state index contributed by atoms with van der Waals surface area (Å²) in [7, 11) is 2.06. The fraction of sp³-hybridized carbons (Fsp3) is 0.625. The van der Waals surface area contributed by atoms with Crippen molar-refractivity contribution in [2.24, 2.45) is 5.92 Å². The van der Waals surface area contributed by atoms with Crippen molar-refractivity contribution >= 4 is 11.6 Å². The van der Waals surface area contributed by atoms with Crippen molar-refractivity contribution in [2.75, 3.05) is 20.2 Å². The monoisotopic (exact) mass is 297 g/mol. The van der Waals surface area contributed by atoms with Crippen LogP contribution in [0.3, 0.4) is 0 Å². The van der Waals surface area contributed by atoms with Crippen molar-refractivity contribution in [2.45, 2.75) is 37.8 Å². The minimum atomic E-state index is -0.552. The van der Waals surface area contributed by atoms with E-state index in [-0.39, 0.29) is 0 Å². The lowest BCUT2D eigenvalue weighted by molar-refractivity contribution is 0.0761. The van der Waals surface area contributed by atoms with Gasteiger partial charge in [0, 0.05) is 29.8 Å². The predicted molar refractivity (Wildman–Crippen MR) is 81.9 cm³/mol. The first kappa shape index (κ1) is 15.8. The standard InChI is InChI=1S/C16H24ClNO2/c1-18(13-8-6-12(11-19)7-9-13)10-16(20)14-4-2-3-5-15(14)17/h2-5,12-13,16,19-20H,6-11H2,1H3. The van der Waals surface area contributed by atoms with Crippen LogP contribution >= 0.6 is 11.6 Å². The largest absolute Gasteiger partial charge is 0.396 e. The molecular weight excluding hydrogens is 274 g/mol. The molecule has 1 aliphatic rings. The van der Waals surface area contributed by atoms with Crippen molar-refractivity contribution < 1.29 is 10.2 Å². The fourth-order valence-corrected chi connectivity index (χ4v) is 3.30. The number of benzene rings is 1. The summed E-state index contributed by atoms with van der Waals surface area (Å²) in [6.07, 6.45) is 3.79. The van der Waals surface area contributed by atoms with Crippen LogP contribution in [-0.4, -0.2) is 41.4 Å². The van der Waals surface area contributed by atoms with E-state index in [1.54, 1.807) is 0 Å². The van der Waals surface area contributed by atoms with E-state index in [9.17, 15) is 10.2 Å². The van der Waals surface area contributed by atoms with Crippen LogP contribution in [-0.2, 0) is 0 Å². The van der Waals surface area contributed by atoms with Gasteiger partial charge in [-0.1, -0.05) is 29.8 Å². The van der Waals surface area contributed by atoms with Crippen LogP contribution in [0.4, 0.5) is 0 Å². The number of halogens is 1. The molecule has 0 amide bonds. The highest BCUT2D eigenvalue weighted by atomic mass is 35.5. The van der Waals surface area contributed by atoms with Gasteiger partial charge in [-0.2, -0.15) is 0 Å². The van der Waals surface area contributed by atoms with Crippen molar-refractivity contribution in [3.05, 3.63) is 34.9 Å². The number of aliphatic hydroxyl groups is 2. The molecule has 1 aliphatic carbocycles. The van der Waals surface area contributed by atoms with Gasteiger partial charge >= 0.3 is 0 Å². The zero-order valence-corrected chi connectivity index (χ0v) is 12.8. The highest BCUT2D eigenvalue weighted by Gasteiger charge is 2.25. The molecule has 1 saturated carbocycles. The number of aliphatic hydroxyl groups excluding tert-OH is 2. The summed E-state index contributed by atoms with van der Waals surface area (Å²) >= 11 is 6.12. The van der Waals surface area contributed by atoms with Crippen LogP contribution in [0.5, 0.6) is 0 Å². The quantitative estimate of drug-likeness (QED) is 0.878. The third kappa shape index (κ3) is 3.95. The SMILES string of the molecule is CN(CC(O)c1ccccc1Cl)C1CCC(CO)CC1. The summed E-state index contributed by atoms with van der Waals surface area (Å²) in [6, 6.07) is 7.96. The van der Waals surface area contributed by atoms with Gasteiger partial charge < -0.3 is 15.1 Å². The number of likely N-dealkylation sites (N-methyl/N-ethyl adjacent to an activating group) is 1. The lowest BCUT2D eigenvalue weighted by Gasteiger charge is -2.35. The van der Waals surface area contributed by atoms with Crippen molar-refractivity contribution in [1.29, 1.82) is 0 Å². The summed E-state index contributed by atoms with van der Waals surface area (Å²) in [5.41, 5.74) is 0.796. The molecule has 4 heteroatoms. The summed E-state index contributed by atoms with van der Waals surface area (Å²) in [5.74, 6) is 0.466. The molecule has 0 bridgehead atoms. The smallest absolute Gasteiger partial charge is 0.0931 e. The Labute approximate surface area is 126 Å². The molecular formula is C16H24ClNO2. The number of rotatable bonds is 5. The zero-order valence-electron chi connectivity index (χ0n) is 12.0. The second-order valence-electron chi connectivity index (χ2n) is 5.83. The lowest BCUT2D eigenvalue weighted by atomic mass is 9.86. The van der Waals surface area contributed by atoms with E-state index < -0.39 is 6.10 Å². The molecule has 0 aromatic heterocycles. The van der Waals surface area contributed by atoms with Crippen LogP contribution in [0.25, 0.3) is 0 Å². The van der Waals surface area contributed by atoms with E-state index in [4.69, 9.17) is 11.6 Å². The first-order chi connectivity index (χ1) is 9.61. The maximum atomic E-state index is 10.3. The van der Waals surface area contributed by atoms with Gasteiger partial charge in [0.1, 0.15) is 0 Å². The van der Waals surface area contributed by atoms with Gasteiger partial charge in [-0.15, -0.1) is 0 Å². The zero-order chi connectivity index (χ0) is 14.5. The third-order valence-electron chi connectivity index (χ3n) is 4.42. The number of hydrogen-bond donors (Lipinski definition) is 2. The molecule has 0 spiro atoms. The van der Waals surface area contributed by atoms with Gasteiger partial charge in [0.15, 0.2) is 0 Å². The van der Waals surface area contributed by atoms with Crippen LogP contribution in [0.2, 0.25) is 5.02 Å². The van der Waals surface area contributed by atoms with E-state index in [0.717, 1.165) is 31.2 Å². The highest BCUT2D eigenvalue weighted by Crippen LogP contribution is 2.29. The Morgan fingerprint density at radius 2 is 1.90 bits per heavy atom. The maximum absolute atomic E-state index is 10.3. The van der Waals surface area contributed by atoms with Crippen molar-refractivity contribution in [3.63, 3.8) is 0 Å². The average molecular weight is 298 g/mol. The second kappa shape index (κ2) is 7.41. The Bertz CT molecular complexity index is 419. The molecule has 1 unspecified atom stereocenters. The highest BCUT2D eigenvalue weighted by molar-refractivity contribution is 6.31. The Morgan fingerprint density at radius 1 is 1.25 bits per heavy atom. The Balaban J connectivity index is 1.88. The lowest BCUT2D eigenvalue weighted by Crippen LogP contribution is -2.38. The van der Waals surface area contributed by atoms with Gasteiger partial charge in [0.05, 0.1) is 6.10 Å². The molecule has 0 heterocycles. The van der Waals surface area contributed by atoms with Gasteiger partial charge in [-0.3, -0.25) is 0 Å². The number of hydrogen-bond acceptors (Lipinski definition) is 3. The van der Waals surface area contributed by atoms with E-state index in [1.807, 2.05) is 24.3 Å². The first-order valence-corrected chi connectivity index (χ1v) is 7.73. The molecule has 0 aliphatic heterocycles. The molecule has 1 aromatic carbocycles. The van der Waals surface area contributed by atoms with Crippen molar-refractivity contribution in [3.8, 4) is 0 Å². The summed E-state index contributed by atoms with van der Waals surface area (Å²) < 4.78 is 0. The number of nitrogens with zero attached hydrogens (tertiary/aromatic N) is 1. The molecule has 2 N–H and O–H groups in total. The maximum Gasteiger partial charge on any atom is 0.0931 e. The average Bonchev–Trinajstić information content (AvgIpc) is 2.47. The Hall–Kier alpha value is -0.610. The second-order valence-corrected chi connectivity index (χ2v) is 6.24. The van der Waals surface area contributed by atoms with Gasteiger partial charge in [0.2, 0.25) is 0 Å². The molecule has 1 aromatic rings. The summed E-state index contributed by atoms with van der Waals surface area (Å²) in [5, 5.41) is 20.1. The molecule has 1 atom stereocenters. The molecule has 20 heavy (non-hydrogen) atoms. The molecule has 1 fully saturated rings. The fourth-order valence-electron chi connectivity index (χ4n) is 3.03. The molecule has 2 rings (SSSR count). The van der Waals surface area contributed by atoms with E-state index in [0.29, 0.717) is 30.1 Å². The molecule has 3 nitrogen and oxygen atoms in total. The minimum Gasteiger partial charge on any atom is -0.396 e. The molecule has 0 saturated heterocycles. The predicted octanol–water partition coefficient (Wildman–Crippen LogP) is 2.86. The summed E-state index contributed by atoms with van der Waals surface area (Å²) in [6.45, 7) is 0.900. The third-order valence-corrected chi connectivity index (χ3v) is 4.77. The summed E-state index contributed by atoms with van der Waals surface area (Å²) in [4.78, 5) is 2.22. The topological polar surface area (TPSA) is 43.7 Å². The molecule has 0 radical (unpaired) electrons. The van der Waals surface area contributed by atoms with E-state index >= 15 is 0 Å². The molecule has 112 valence electrons. The van der Waals surface area contributed by atoms with Crippen molar-refractivity contribution in [1.82, 2.24) is 4.90 Å². The first-order valence-electron chi connectivity index (χ1n) is 7.35. The Kier molecular flexibility index (Phi) is 5.85. The normalized spacial score (nSPS) is 24.9. The van der Waals surface area contributed by atoms with Gasteiger partial charge in [-0.25, -0.2) is 0 Å². The minimum absolute atomic E-state index is 0.304. The van der Waals surface area contributed by atoms with Gasteiger partial charge in [-0.05, 0) is 44.7 Å². The van der Waals surface area contributed by atoms with Crippen LogP contribution in [0.1, 0.15) is 37.4 Å². The van der Waals surface area contributed by atoms with Crippen LogP contribution in [0.15, 0.2) is 24.3 Å². The van der Waals surface area contributed by atoms with Crippen LogP contribution in [0, 0.1) is 5.92 Å². The van der Waals surface area contributed by atoms with Gasteiger partial charge in [0.25, 0.3) is 0 Å². The van der Waals surface area contributed by atoms with E-state index in [2.05, 4.69) is 11.9 Å². The van der Waals surface area contributed by atoms with E-state index in [1.165, 1.54) is 0 Å². The Morgan fingerprint density at radius 3 is 2.50 bits per heavy atom. The van der Waals surface area contributed by atoms with Crippen LogP contribution < -0.4 is 0 Å².